The smallest absolute Gasteiger partial charge is 0.252 e. The number of amides is 1. The van der Waals surface area contributed by atoms with Gasteiger partial charge in [-0.15, -0.1) is 0 Å². The van der Waals surface area contributed by atoms with Crippen molar-refractivity contribution in [2.75, 3.05) is 6.61 Å². The van der Waals surface area contributed by atoms with E-state index in [0.29, 0.717) is 35.6 Å². The van der Waals surface area contributed by atoms with Gasteiger partial charge in [-0.3, -0.25) is 14.8 Å². The Balaban J connectivity index is 1.57. The molecular formula is C27H19FN4O2. The van der Waals surface area contributed by atoms with Gasteiger partial charge >= 0.3 is 0 Å². The van der Waals surface area contributed by atoms with Crippen LogP contribution in [0.1, 0.15) is 33.6 Å². The molecule has 2 aromatic heterocycles. The minimum Gasteiger partial charge on any atom is -0.491 e. The minimum absolute atomic E-state index is 0.339. The van der Waals surface area contributed by atoms with Gasteiger partial charge in [-0.2, -0.15) is 5.26 Å². The van der Waals surface area contributed by atoms with Crippen LogP contribution < -0.4 is 10.1 Å². The number of hydrogen-bond donors (Lipinski definition) is 1. The molecule has 0 saturated carbocycles. The Labute approximate surface area is 195 Å². The number of halogens is 1. The molecule has 34 heavy (non-hydrogen) atoms. The molecule has 6 nitrogen and oxygen atoms in total. The summed E-state index contributed by atoms with van der Waals surface area (Å²) >= 11 is 0. The number of pyridine rings is 2. The van der Waals surface area contributed by atoms with Crippen molar-refractivity contribution in [2.24, 2.45) is 0 Å². The van der Waals surface area contributed by atoms with Crippen LogP contribution in [0.2, 0.25) is 0 Å². The number of benzene rings is 2. The first kappa shape index (κ1) is 21.3. The standard InChI is InChI=1S/C27H19FN4O2/c28-23-9-5-20(6-10-23)26(33)32-27(11-13-34-24-2-1-12-31-25(24)27)22-7-3-19(4-8-22)21-14-18(15-29)16-30-17-21/h1-10,12,14,16-17H,11,13H2,(H,32,33). The van der Waals surface area contributed by atoms with Crippen LogP contribution in [0.3, 0.4) is 0 Å². The van der Waals surface area contributed by atoms with Crippen molar-refractivity contribution in [2.45, 2.75) is 12.0 Å². The number of rotatable bonds is 4. The molecule has 0 spiro atoms. The molecule has 166 valence electrons. The summed E-state index contributed by atoms with van der Waals surface area (Å²) in [5, 5.41) is 12.3. The van der Waals surface area contributed by atoms with Gasteiger partial charge in [0.05, 0.1) is 12.2 Å². The number of carbonyl (C=O) groups excluding carboxylic acids is 1. The van der Waals surface area contributed by atoms with E-state index in [1.165, 1.54) is 30.5 Å². The Kier molecular flexibility index (Phi) is 5.48. The fraction of sp³-hybridized carbons (Fsp3) is 0.111. The number of nitriles is 1. The molecule has 0 bridgehead atoms. The van der Waals surface area contributed by atoms with Gasteiger partial charge in [0.1, 0.15) is 28.9 Å². The monoisotopic (exact) mass is 450 g/mol. The Hall–Kier alpha value is -4.57. The topological polar surface area (TPSA) is 87.9 Å². The zero-order valence-electron chi connectivity index (χ0n) is 18.0. The predicted molar refractivity (Wildman–Crippen MR) is 123 cm³/mol. The van der Waals surface area contributed by atoms with E-state index in [2.05, 4.69) is 21.4 Å². The highest BCUT2D eigenvalue weighted by Gasteiger charge is 2.42. The van der Waals surface area contributed by atoms with Crippen molar-refractivity contribution < 1.29 is 13.9 Å². The van der Waals surface area contributed by atoms with Crippen molar-refractivity contribution in [1.82, 2.24) is 15.3 Å². The molecule has 1 atom stereocenters. The van der Waals surface area contributed by atoms with Crippen molar-refractivity contribution in [3.8, 4) is 22.9 Å². The van der Waals surface area contributed by atoms with E-state index >= 15 is 0 Å². The molecule has 3 heterocycles. The number of nitrogens with one attached hydrogen (secondary N) is 1. The normalized spacial score (nSPS) is 16.6. The SMILES string of the molecule is N#Cc1cncc(-c2ccc(C3(NC(=O)c4ccc(F)cc4)CCOc4cccnc43)cc2)c1. The third-order valence-electron chi connectivity index (χ3n) is 5.92. The molecule has 7 heteroatoms. The van der Waals surface area contributed by atoms with Crippen LogP contribution in [0.25, 0.3) is 11.1 Å². The van der Waals surface area contributed by atoms with Crippen LogP contribution in [-0.2, 0) is 5.54 Å². The highest BCUT2D eigenvalue weighted by atomic mass is 19.1. The molecule has 0 aliphatic carbocycles. The molecule has 5 rings (SSSR count). The van der Waals surface area contributed by atoms with E-state index in [1.807, 2.05) is 30.3 Å². The summed E-state index contributed by atoms with van der Waals surface area (Å²) in [6.07, 6.45) is 5.35. The first-order chi connectivity index (χ1) is 16.6. The summed E-state index contributed by atoms with van der Waals surface area (Å²) in [5.41, 5.74) is 3.04. The number of carbonyl (C=O) groups is 1. The van der Waals surface area contributed by atoms with Crippen LogP contribution in [0.5, 0.6) is 5.75 Å². The third-order valence-corrected chi connectivity index (χ3v) is 5.92. The number of hydrogen-bond acceptors (Lipinski definition) is 5. The average molecular weight is 450 g/mol. The Morgan fingerprint density at radius 3 is 2.62 bits per heavy atom. The van der Waals surface area contributed by atoms with Crippen LogP contribution >= 0.6 is 0 Å². The minimum atomic E-state index is -0.939. The van der Waals surface area contributed by atoms with E-state index in [-0.39, 0.29) is 5.91 Å². The predicted octanol–water partition coefficient (Wildman–Crippen LogP) is 4.61. The molecule has 0 fully saturated rings. The average Bonchev–Trinajstić information content (AvgIpc) is 2.89. The van der Waals surface area contributed by atoms with E-state index in [4.69, 9.17) is 4.74 Å². The lowest BCUT2D eigenvalue weighted by Gasteiger charge is -2.39. The maximum Gasteiger partial charge on any atom is 0.252 e. The maximum atomic E-state index is 13.4. The van der Waals surface area contributed by atoms with Gasteiger partial charge in [0, 0.05) is 36.1 Å². The largest absolute Gasteiger partial charge is 0.491 e. The molecule has 0 saturated heterocycles. The van der Waals surface area contributed by atoms with Gasteiger partial charge in [0.2, 0.25) is 0 Å². The van der Waals surface area contributed by atoms with Gasteiger partial charge < -0.3 is 10.1 Å². The van der Waals surface area contributed by atoms with Gasteiger partial charge in [-0.1, -0.05) is 24.3 Å². The summed E-state index contributed by atoms with van der Waals surface area (Å²) < 4.78 is 19.2. The summed E-state index contributed by atoms with van der Waals surface area (Å²) in [4.78, 5) is 21.9. The van der Waals surface area contributed by atoms with Gasteiger partial charge in [0.25, 0.3) is 5.91 Å². The summed E-state index contributed by atoms with van der Waals surface area (Å²) in [6, 6.07) is 20.6. The number of fused-ring (bicyclic) bond motifs is 1. The molecule has 1 aliphatic rings. The van der Waals surface area contributed by atoms with Gasteiger partial charge in [0.15, 0.2) is 0 Å². The zero-order chi connectivity index (χ0) is 23.5. The first-order valence-corrected chi connectivity index (χ1v) is 10.7. The van der Waals surface area contributed by atoms with Crippen molar-refractivity contribution in [1.29, 1.82) is 5.26 Å². The first-order valence-electron chi connectivity index (χ1n) is 10.7. The van der Waals surface area contributed by atoms with Crippen molar-refractivity contribution in [3.05, 3.63) is 114 Å². The summed E-state index contributed by atoms with van der Waals surface area (Å²) in [7, 11) is 0. The summed E-state index contributed by atoms with van der Waals surface area (Å²) in [5.74, 6) is -0.147. The van der Waals surface area contributed by atoms with Gasteiger partial charge in [-0.25, -0.2) is 4.39 Å². The maximum absolute atomic E-state index is 13.4. The Morgan fingerprint density at radius 2 is 1.85 bits per heavy atom. The molecule has 1 N–H and O–H groups in total. The summed E-state index contributed by atoms with van der Waals surface area (Å²) in [6.45, 7) is 0.387. The number of nitrogens with zero attached hydrogens (tertiary/aromatic N) is 3. The molecule has 1 amide bonds. The number of aromatic nitrogens is 2. The van der Waals surface area contributed by atoms with Crippen molar-refractivity contribution in [3.63, 3.8) is 0 Å². The van der Waals surface area contributed by atoms with E-state index < -0.39 is 11.4 Å². The highest BCUT2D eigenvalue weighted by Crippen LogP contribution is 2.41. The van der Waals surface area contributed by atoms with E-state index in [1.54, 1.807) is 24.5 Å². The van der Waals surface area contributed by atoms with Crippen molar-refractivity contribution >= 4 is 5.91 Å². The third kappa shape index (κ3) is 3.86. The molecule has 2 aromatic carbocycles. The second-order valence-electron chi connectivity index (χ2n) is 7.97. The quantitative estimate of drug-likeness (QED) is 0.491. The molecule has 1 aliphatic heterocycles. The van der Waals surface area contributed by atoms with Crippen LogP contribution in [0.4, 0.5) is 4.39 Å². The Bertz CT molecular complexity index is 1400. The fourth-order valence-electron chi connectivity index (χ4n) is 4.21. The van der Waals surface area contributed by atoms with Gasteiger partial charge in [-0.05, 0) is 53.6 Å². The highest BCUT2D eigenvalue weighted by molar-refractivity contribution is 5.95. The second-order valence-corrected chi connectivity index (χ2v) is 7.97. The molecule has 0 radical (unpaired) electrons. The van der Waals surface area contributed by atoms with Crippen LogP contribution in [-0.4, -0.2) is 22.5 Å². The fourth-order valence-corrected chi connectivity index (χ4v) is 4.21. The van der Waals surface area contributed by atoms with E-state index in [9.17, 15) is 14.4 Å². The Morgan fingerprint density at radius 1 is 1.06 bits per heavy atom. The lowest BCUT2D eigenvalue weighted by atomic mass is 9.80. The molecular weight excluding hydrogens is 431 g/mol. The number of ether oxygens (including phenoxy) is 1. The second kappa shape index (κ2) is 8.75. The molecule has 4 aromatic rings. The lowest BCUT2D eigenvalue weighted by Crippen LogP contribution is -2.50. The lowest BCUT2D eigenvalue weighted by molar-refractivity contribution is 0.0883. The van der Waals surface area contributed by atoms with Crippen LogP contribution in [0.15, 0.2) is 85.3 Å². The van der Waals surface area contributed by atoms with E-state index in [0.717, 1.165) is 16.7 Å². The zero-order valence-corrected chi connectivity index (χ0v) is 18.0. The van der Waals surface area contributed by atoms with Crippen LogP contribution in [0, 0.1) is 17.1 Å². The molecule has 1 unspecified atom stereocenters.